The fraction of sp³-hybridized carbons (Fsp3) is 0.353. The van der Waals surface area contributed by atoms with Crippen LogP contribution in [0.3, 0.4) is 0 Å². The number of nitrogens with zero attached hydrogens (tertiary/aromatic N) is 3. The van der Waals surface area contributed by atoms with Crippen molar-refractivity contribution in [2.75, 3.05) is 25.5 Å². The number of amides is 1. The first kappa shape index (κ1) is 18.0. The third-order valence-corrected chi connectivity index (χ3v) is 4.09. The summed E-state index contributed by atoms with van der Waals surface area (Å²) in [5, 5.41) is 11.9. The SMILES string of the molecule is CCN(CC)C(=O)c1ccc(Nc2cc(C)c(Cl)cc2OC)nn1. The van der Waals surface area contributed by atoms with Crippen molar-refractivity contribution in [3.05, 3.63) is 40.5 Å². The highest BCUT2D eigenvalue weighted by Gasteiger charge is 2.15. The highest BCUT2D eigenvalue weighted by atomic mass is 35.5. The van der Waals surface area contributed by atoms with Crippen LogP contribution in [0.2, 0.25) is 5.02 Å². The van der Waals surface area contributed by atoms with E-state index in [0.29, 0.717) is 35.4 Å². The van der Waals surface area contributed by atoms with Crippen molar-refractivity contribution in [2.24, 2.45) is 0 Å². The van der Waals surface area contributed by atoms with Crippen LogP contribution in [0, 0.1) is 6.92 Å². The van der Waals surface area contributed by atoms with Crippen molar-refractivity contribution in [3.63, 3.8) is 0 Å². The molecule has 0 saturated heterocycles. The summed E-state index contributed by atoms with van der Waals surface area (Å²) in [4.78, 5) is 13.9. The number of rotatable bonds is 6. The third kappa shape index (κ3) is 3.94. The average Bonchev–Trinajstić information content (AvgIpc) is 2.59. The number of hydrogen-bond acceptors (Lipinski definition) is 5. The standard InChI is InChI=1S/C17H21ClN4O2/c1-5-22(6-2)17(23)13-7-8-16(21-20-13)19-14-9-11(3)12(18)10-15(14)24-4/h7-10H,5-6H2,1-4H3,(H,19,21). The molecule has 1 amide bonds. The lowest BCUT2D eigenvalue weighted by molar-refractivity contribution is 0.0766. The Morgan fingerprint density at radius 2 is 1.96 bits per heavy atom. The molecule has 0 aliphatic heterocycles. The number of halogens is 1. The molecule has 0 atom stereocenters. The third-order valence-electron chi connectivity index (χ3n) is 3.68. The fourth-order valence-corrected chi connectivity index (χ4v) is 2.41. The molecule has 0 fully saturated rings. The number of aromatic nitrogens is 2. The number of ether oxygens (including phenoxy) is 1. The quantitative estimate of drug-likeness (QED) is 0.862. The van der Waals surface area contributed by atoms with Crippen molar-refractivity contribution >= 4 is 29.0 Å². The van der Waals surface area contributed by atoms with E-state index < -0.39 is 0 Å². The van der Waals surface area contributed by atoms with Gasteiger partial charge >= 0.3 is 0 Å². The van der Waals surface area contributed by atoms with E-state index >= 15 is 0 Å². The summed E-state index contributed by atoms with van der Waals surface area (Å²) in [5.41, 5.74) is 1.97. The van der Waals surface area contributed by atoms with Crippen LogP contribution in [0.15, 0.2) is 24.3 Å². The second kappa shape index (κ2) is 7.97. The lowest BCUT2D eigenvalue weighted by Crippen LogP contribution is -2.31. The molecular formula is C17H21ClN4O2. The number of nitrogens with one attached hydrogen (secondary N) is 1. The first-order valence-electron chi connectivity index (χ1n) is 7.74. The molecule has 2 aromatic rings. The summed E-state index contributed by atoms with van der Waals surface area (Å²) in [6.45, 7) is 7.04. The minimum absolute atomic E-state index is 0.126. The van der Waals surface area contributed by atoms with Crippen LogP contribution in [0.1, 0.15) is 29.9 Å². The Morgan fingerprint density at radius 1 is 1.25 bits per heavy atom. The molecule has 1 heterocycles. The van der Waals surface area contributed by atoms with E-state index in [2.05, 4.69) is 15.5 Å². The van der Waals surface area contributed by atoms with E-state index in [0.717, 1.165) is 11.3 Å². The molecule has 1 aromatic heterocycles. The van der Waals surface area contributed by atoms with Gasteiger partial charge in [-0.3, -0.25) is 4.79 Å². The molecule has 0 radical (unpaired) electrons. The van der Waals surface area contributed by atoms with Crippen LogP contribution in [-0.4, -0.2) is 41.2 Å². The largest absolute Gasteiger partial charge is 0.495 e. The smallest absolute Gasteiger partial charge is 0.274 e. The predicted molar refractivity (Wildman–Crippen MR) is 95.3 cm³/mol. The van der Waals surface area contributed by atoms with Gasteiger partial charge in [-0.1, -0.05) is 11.6 Å². The molecule has 7 heteroatoms. The summed E-state index contributed by atoms with van der Waals surface area (Å²) < 4.78 is 5.32. The lowest BCUT2D eigenvalue weighted by Gasteiger charge is -2.17. The molecule has 6 nitrogen and oxygen atoms in total. The highest BCUT2D eigenvalue weighted by molar-refractivity contribution is 6.31. The van der Waals surface area contributed by atoms with E-state index in [1.165, 1.54) is 0 Å². The summed E-state index contributed by atoms with van der Waals surface area (Å²) in [6.07, 6.45) is 0. The molecule has 0 aliphatic carbocycles. The molecule has 0 bridgehead atoms. The fourth-order valence-electron chi connectivity index (χ4n) is 2.25. The summed E-state index contributed by atoms with van der Waals surface area (Å²) in [6, 6.07) is 6.99. The van der Waals surface area contributed by atoms with Crippen molar-refractivity contribution in [1.82, 2.24) is 15.1 Å². The van der Waals surface area contributed by atoms with Gasteiger partial charge in [0.15, 0.2) is 11.5 Å². The van der Waals surface area contributed by atoms with Gasteiger partial charge in [0.2, 0.25) is 0 Å². The molecular weight excluding hydrogens is 328 g/mol. The summed E-state index contributed by atoms with van der Waals surface area (Å²) in [7, 11) is 1.57. The normalized spacial score (nSPS) is 10.4. The molecule has 0 unspecified atom stereocenters. The molecule has 0 aliphatic rings. The maximum atomic E-state index is 12.2. The van der Waals surface area contributed by atoms with Crippen LogP contribution in [0.25, 0.3) is 0 Å². The van der Waals surface area contributed by atoms with Gasteiger partial charge < -0.3 is 15.0 Å². The Hall–Kier alpha value is -2.34. The van der Waals surface area contributed by atoms with Gasteiger partial charge in [-0.25, -0.2) is 0 Å². The minimum atomic E-state index is -0.126. The van der Waals surface area contributed by atoms with Gasteiger partial charge in [-0.2, -0.15) is 0 Å². The Bertz CT molecular complexity index is 715. The minimum Gasteiger partial charge on any atom is -0.495 e. The number of methoxy groups -OCH3 is 1. The van der Waals surface area contributed by atoms with Gasteiger partial charge in [0.25, 0.3) is 5.91 Å². The molecule has 1 N–H and O–H groups in total. The first-order chi connectivity index (χ1) is 11.5. The van der Waals surface area contributed by atoms with E-state index in [9.17, 15) is 4.79 Å². The monoisotopic (exact) mass is 348 g/mol. The first-order valence-corrected chi connectivity index (χ1v) is 8.12. The van der Waals surface area contributed by atoms with E-state index in [-0.39, 0.29) is 5.91 Å². The second-order valence-electron chi connectivity index (χ2n) is 5.21. The van der Waals surface area contributed by atoms with Crippen LogP contribution < -0.4 is 10.1 Å². The Kier molecular flexibility index (Phi) is 5.98. The van der Waals surface area contributed by atoms with Crippen molar-refractivity contribution in [2.45, 2.75) is 20.8 Å². The number of aryl methyl sites for hydroxylation is 1. The van der Waals surface area contributed by atoms with Gasteiger partial charge in [-0.05, 0) is 44.5 Å². The van der Waals surface area contributed by atoms with Crippen LogP contribution >= 0.6 is 11.6 Å². The predicted octanol–water partition coefficient (Wildman–Crippen LogP) is 3.67. The van der Waals surface area contributed by atoms with E-state index in [1.54, 1.807) is 30.2 Å². The molecule has 24 heavy (non-hydrogen) atoms. The lowest BCUT2D eigenvalue weighted by atomic mass is 10.2. The second-order valence-corrected chi connectivity index (χ2v) is 5.62. The Balaban J connectivity index is 2.21. The van der Waals surface area contributed by atoms with Crippen LogP contribution in [-0.2, 0) is 0 Å². The van der Waals surface area contributed by atoms with E-state index in [4.69, 9.17) is 16.3 Å². The highest BCUT2D eigenvalue weighted by Crippen LogP contribution is 2.32. The van der Waals surface area contributed by atoms with Crippen LogP contribution in [0.5, 0.6) is 5.75 Å². The number of hydrogen-bond donors (Lipinski definition) is 1. The van der Waals surface area contributed by atoms with Gasteiger partial charge in [0, 0.05) is 24.2 Å². The zero-order valence-electron chi connectivity index (χ0n) is 14.3. The van der Waals surface area contributed by atoms with Gasteiger partial charge in [0.05, 0.1) is 12.8 Å². The topological polar surface area (TPSA) is 67.4 Å². The number of carbonyl (C=O) groups is 1. The molecule has 128 valence electrons. The van der Waals surface area contributed by atoms with Crippen LogP contribution in [0.4, 0.5) is 11.5 Å². The maximum absolute atomic E-state index is 12.2. The number of benzene rings is 1. The average molecular weight is 349 g/mol. The zero-order valence-corrected chi connectivity index (χ0v) is 15.0. The van der Waals surface area contributed by atoms with Gasteiger partial charge in [0.1, 0.15) is 5.75 Å². The van der Waals surface area contributed by atoms with Crippen molar-refractivity contribution in [1.29, 1.82) is 0 Å². The summed E-state index contributed by atoms with van der Waals surface area (Å²) >= 11 is 6.10. The molecule has 0 spiro atoms. The zero-order chi connectivity index (χ0) is 17.7. The number of carbonyl (C=O) groups excluding carboxylic acids is 1. The summed E-state index contributed by atoms with van der Waals surface area (Å²) in [5.74, 6) is 1.00. The molecule has 0 saturated carbocycles. The number of anilines is 2. The molecule has 1 aromatic carbocycles. The van der Waals surface area contributed by atoms with Crippen molar-refractivity contribution in [3.8, 4) is 5.75 Å². The van der Waals surface area contributed by atoms with Gasteiger partial charge in [-0.15, -0.1) is 10.2 Å². The Labute approximate surface area is 146 Å². The molecule has 2 rings (SSSR count). The van der Waals surface area contributed by atoms with Crippen molar-refractivity contribution < 1.29 is 9.53 Å². The van der Waals surface area contributed by atoms with E-state index in [1.807, 2.05) is 26.8 Å². The Morgan fingerprint density at radius 3 is 2.50 bits per heavy atom. The maximum Gasteiger partial charge on any atom is 0.274 e.